The fourth-order valence-electron chi connectivity index (χ4n) is 4.64. The average Bonchev–Trinajstić information content (AvgIpc) is 2.95. The van der Waals surface area contributed by atoms with Crippen molar-refractivity contribution in [2.24, 2.45) is 0 Å². The van der Waals surface area contributed by atoms with Crippen molar-refractivity contribution >= 4 is 59.0 Å². The van der Waals surface area contributed by atoms with Crippen LogP contribution in [0.25, 0.3) is 0 Å². The fourth-order valence-corrected chi connectivity index (χ4v) is 6.87. The molecule has 42 heavy (non-hydrogen) atoms. The van der Waals surface area contributed by atoms with E-state index < -0.39 is 37.7 Å². The summed E-state index contributed by atoms with van der Waals surface area (Å²) in [7, 11) is -9.16. The molecule has 0 spiro atoms. The van der Waals surface area contributed by atoms with Gasteiger partial charge in [-0.25, -0.2) is 12.6 Å². The van der Waals surface area contributed by atoms with Crippen molar-refractivity contribution in [3.63, 3.8) is 0 Å². The second-order valence-electron chi connectivity index (χ2n) is 9.10. The molecule has 218 valence electrons. The third kappa shape index (κ3) is 5.19. The van der Waals surface area contributed by atoms with Gasteiger partial charge >= 0.3 is 15.6 Å². The van der Waals surface area contributed by atoms with E-state index in [9.17, 15) is 34.8 Å². The first kappa shape index (κ1) is 29.8. The van der Waals surface area contributed by atoms with Crippen molar-refractivity contribution in [2.75, 3.05) is 16.3 Å². The molecule has 1 amide bonds. The zero-order valence-corrected chi connectivity index (χ0v) is 24.7. The molecule has 1 atom stereocenters. The summed E-state index contributed by atoms with van der Waals surface area (Å²) in [5, 5.41) is 0. The Morgan fingerprint density at radius 3 is 2.07 bits per heavy atom. The van der Waals surface area contributed by atoms with Crippen molar-refractivity contribution in [1.82, 2.24) is 0 Å². The van der Waals surface area contributed by atoms with Crippen LogP contribution in [-0.2, 0) is 24.3 Å². The SMILES string of the molecule is CN1c2ccccc2C(OS(=O)(=O)C(F)(F)F)c2c(C(=O)N(c3ccccc3)S(=O)(=O)c3ccc(Br)cc3)cccc21. The van der Waals surface area contributed by atoms with Crippen molar-refractivity contribution in [1.29, 1.82) is 0 Å². The molecule has 1 heterocycles. The Balaban J connectivity index is 1.75. The number of rotatable bonds is 6. The molecule has 0 radical (unpaired) electrons. The average molecular weight is 682 g/mol. The lowest BCUT2D eigenvalue weighted by atomic mass is 9.89. The Hall–Kier alpha value is -3.72. The molecule has 1 aliphatic heterocycles. The lowest BCUT2D eigenvalue weighted by Crippen LogP contribution is -2.39. The van der Waals surface area contributed by atoms with Crippen molar-refractivity contribution in [3.05, 3.63) is 118 Å². The molecule has 4 aromatic rings. The van der Waals surface area contributed by atoms with E-state index in [1.807, 2.05) is 0 Å². The molecule has 0 bridgehead atoms. The van der Waals surface area contributed by atoms with Gasteiger partial charge in [0.2, 0.25) is 0 Å². The number of amides is 1. The number of anilines is 3. The molecule has 0 N–H and O–H groups in total. The zero-order valence-electron chi connectivity index (χ0n) is 21.5. The zero-order chi connectivity index (χ0) is 30.4. The number of benzene rings is 4. The number of nitrogens with zero attached hydrogens (tertiary/aromatic N) is 2. The summed E-state index contributed by atoms with van der Waals surface area (Å²) in [6, 6.07) is 23.0. The minimum atomic E-state index is -6.16. The number of carbonyl (C=O) groups is 1. The first-order valence-electron chi connectivity index (χ1n) is 12.1. The molecule has 0 aromatic heterocycles. The predicted octanol–water partition coefficient (Wildman–Crippen LogP) is 6.52. The lowest BCUT2D eigenvalue weighted by molar-refractivity contribution is -0.0563. The number of para-hydroxylation sites is 2. The van der Waals surface area contributed by atoms with Crippen LogP contribution >= 0.6 is 15.9 Å². The van der Waals surface area contributed by atoms with E-state index in [4.69, 9.17) is 4.18 Å². The molecule has 1 unspecified atom stereocenters. The van der Waals surface area contributed by atoms with Crippen LogP contribution in [0.5, 0.6) is 0 Å². The molecule has 1 aliphatic rings. The molecule has 14 heteroatoms. The minimum absolute atomic E-state index is 0.0302. The van der Waals surface area contributed by atoms with Crippen LogP contribution in [-0.4, -0.2) is 35.3 Å². The van der Waals surface area contributed by atoms with Gasteiger partial charge in [0.05, 0.1) is 10.6 Å². The summed E-state index contributed by atoms with van der Waals surface area (Å²) in [4.78, 5) is 15.6. The standard InChI is InChI=1S/C28H20BrF3N2O6S2/c1-33-23-12-6-5-10-21(23)26(40-42(38,39)28(30,31)32)25-22(11-7-13-24(25)33)27(35)34(19-8-3-2-4-9-19)41(36,37)20-16-14-18(29)15-17-20/h2-17,26H,1H3. The quantitative estimate of drug-likeness (QED) is 0.169. The van der Waals surface area contributed by atoms with Crippen LogP contribution in [0.4, 0.5) is 30.2 Å². The summed E-state index contributed by atoms with van der Waals surface area (Å²) >= 11 is 3.24. The van der Waals surface area contributed by atoms with Gasteiger partial charge in [0, 0.05) is 39.6 Å². The normalized spacial score (nSPS) is 15.1. The second-order valence-corrected chi connectivity index (χ2v) is 13.4. The molecule has 0 saturated carbocycles. The molecule has 4 aromatic carbocycles. The van der Waals surface area contributed by atoms with Crippen molar-refractivity contribution in [3.8, 4) is 0 Å². The number of fused-ring (bicyclic) bond motifs is 2. The minimum Gasteiger partial charge on any atom is -0.344 e. The first-order chi connectivity index (χ1) is 19.7. The first-order valence-corrected chi connectivity index (χ1v) is 15.7. The fraction of sp³-hybridized carbons (Fsp3) is 0.107. The van der Waals surface area contributed by atoms with Gasteiger partial charge in [-0.15, -0.1) is 0 Å². The van der Waals surface area contributed by atoms with Crippen LogP contribution in [0.15, 0.2) is 106 Å². The number of carbonyl (C=O) groups excluding carboxylic acids is 1. The Labute approximate surface area is 248 Å². The maximum Gasteiger partial charge on any atom is 0.523 e. The smallest absolute Gasteiger partial charge is 0.344 e. The molecular formula is C28H20BrF3N2O6S2. The van der Waals surface area contributed by atoms with Crippen LogP contribution < -0.4 is 9.21 Å². The van der Waals surface area contributed by atoms with E-state index in [1.54, 1.807) is 30.1 Å². The van der Waals surface area contributed by atoms with E-state index in [1.165, 1.54) is 78.9 Å². The third-order valence-electron chi connectivity index (χ3n) is 6.55. The van der Waals surface area contributed by atoms with Gasteiger partial charge in [0.25, 0.3) is 15.9 Å². The highest BCUT2D eigenvalue weighted by Crippen LogP contribution is 2.48. The van der Waals surface area contributed by atoms with E-state index in [2.05, 4.69) is 15.9 Å². The number of halogens is 4. The molecule has 0 saturated heterocycles. The van der Waals surface area contributed by atoms with Gasteiger partial charge in [0.15, 0.2) is 0 Å². The third-order valence-corrected chi connectivity index (χ3v) is 9.82. The highest BCUT2D eigenvalue weighted by molar-refractivity contribution is 9.10. The number of hydrogen-bond acceptors (Lipinski definition) is 7. The van der Waals surface area contributed by atoms with Gasteiger partial charge < -0.3 is 4.90 Å². The van der Waals surface area contributed by atoms with E-state index in [0.717, 1.165) is 0 Å². The number of hydrogen-bond donors (Lipinski definition) is 0. The van der Waals surface area contributed by atoms with E-state index in [-0.39, 0.29) is 33.0 Å². The highest BCUT2D eigenvalue weighted by atomic mass is 79.9. The van der Waals surface area contributed by atoms with Gasteiger partial charge in [-0.2, -0.15) is 25.9 Å². The Kier molecular flexibility index (Phi) is 7.68. The number of alkyl halides is 3. The van der Waals surface area contributed by atoms with Crippen LogP contribution in [0, 0.1) is 0 Å². The predicted molar refractivity (Wildman–Crippen MR) is 153 cm³/mol. The summed E-state index contributed by atoms with van der Waals surface area (Å²) in [6.45, 7) is 0. The highest BCUT2D eigenvalue weighted by Gasteiger charge is 2.50. The van der Waals surface area contributed by atoms with Gasteiger partial charge in [-0.3, -0.25) is 4.79 Å². The van der Waals surface area contributed by atoms with Crippen LogP contribution in [0.2, 0.25) is 0 Å². The molecule has 0 fully saturated rings. The Morgan fingerprint density at radius 2 is 1.43 bits per heavy atom. The van der Waals surface area contributed by atoms with Crippen LogP contribution in [0.1, 0.15) is 27.6 Å². The monoisotopic (exact) mass is 680 g/mol. The maximum absolute atomic E-state index is 14.3. The Morgan fingerprint density at radius 1 is 0.833 bits per heavy atom. The summed E-state index contributed by atoms with van der Waals surface area (Å²) < 4.78 is 98.9. The molecule has 0 aliphatic carbocycles. The second kappa shape index (κ2) is 10.8. The summed E-state index contributed by atoms with van der Waals surface area (Å²) in [5.74, 6) is -1.13. The molecule has 8 nitrogen and oxygen atoms in total. The largest absolute Gasteiger partial charge is 0.523 e. The molecule has 5 rings (SSSR count). The van der Waals surface area contributed by atoms with Crippen molar-refractivity contribution < 1.29 is 39.0 Å². The maximum atomic E-state index is 14.3. The van der Waals surface area contributed by atoms with Gasteiger partial charge in [-0.05, 0) is 54.6 Å². The van der Waals surface area contributed by atoms with Gasteiger partial charge in [-0.1, -0.05) is 58.4 Å². The summed E-state index contributed by atoms with van der Waals surface area (Å²) in [5.41, 5.74) is -5.92. The summed E-state index contributed by atoms with van der Waals surface area (Å²) in [6.07, 6.45) is -1.92. The Bertz CT molecular complexity index is 1890. The lowest BCUT2D eigenvalue weighted by Gasteiger charge is -2.36. The molecular weight excluding hydrogens is 661 g/mol. The topological polar surface area (TPSA) is 101 Å². The number of sulfonamides is 1. The van der Waals surface area contributed by atoms with Crippen LogP contribution in [0.3, 0.4) is 0 Å². The van der Waals surface area contributed by atoms with E-state index >= 15 is 0 Å². The van der Waals surface area contributed by atoms with Crippen molar-refractivity contribution in [2.45, 2.75) is 16.5 Å². The van der Waals surface area contributed by atoms with Gasteiger partial charge in [0.1, 0.15) is 6.10 Å². The van der Waals surface area contributed by atoms with E-state index in [0.29, 0.717) is 14.5 Å².